The van der Waals surface area contributed by atoms with Crippen LogP contribution in [0, 0.1) is 0 Å². The Morgan fingerprint density at radius 3 is 2.08 bits per heavy atom. The zero-order chi connectivity index (χ0) is 26.1. The highest BCUT2D eigenvalue weighted by atomic mass is 28.4. The standard InChI is InChI=1S/C31H36O4Si/c1-8-34-30(32)29-27(21-13-17-23(33-5)18-14-21)25-11-9-10-12-26(25)28(29)22-15-19-24(20-16-22)35-36(6,7)31(2,3)4/h9-20,28H,8H2,1-7H3. The predicted molar refractivity (Wildman–Crippen MR) is 148 cm³/mol. The van der Waals surface area contributed by atoms with Gasteiger partial charge in [0, 0.05) is 11.5 Å². The maximum atomic E-state index is 13.4. The summed E-state index contributed by atoms with van der Waals surface area (Å²) in [6.07, 6.45) is 0. The molecule has 4 rings (SSSR count). The fraction of sp³-hybridized carbons (Fsp3) is 0.323. The van der Waals surface area contributed by atoms with Crippen molar-refractivity contribution < 1.29 is 18.7 Å². The van der Waals surface area contributed by atoms with Gasteiger partial charge in [-0.1, -0.05) is 69.3 Å². The summed E-state index contributed by atoms with van der Waals surface area (Å²) in [6.45, 7) is 13.4. The number of fused-ring (bicyclic) bond motifs is 1. The van der Waals surface area contributed by atoms with Crippen molar-refractivity contribution in [2.24, 2.45) is 0 Å². The molecule has 1 unspecified atom stereocenters. The van der Waals surface area contributed by atoms with E-state index in [-0.39, 0.29) is 16.9 Å². The van der Waals surface area contributed by atoms with Gasteiger partial charge in [-0.05, 0) is 71.6 Å². The summed E-state index contributed by atoms with van der Waals surface area (Å²) in [5.74, 6) is 1.14. The first kappa shape index (κ1) is 25.8. The average molecular weight is 501 g/mol. The van der Waals surface area contributed by atoms with Gasteiger partial charge in [0.1, 0.15) is 11.5 Å². The Morgan fingerprint density at radius 2 is 1.50 bits per heavy atom. The molecule has 0 saturated carbocycles. The molecular weight excluding hydrogens is 464 g/mol. The third kappa shape index (κ3) is 4.85. The van der Waals surface area contributed by atoms with E-state index in [4.69, 9.17) is 13.9 Å². The third-order valence-corrected chi connectivity index (χ3v) is 11.7. The first-order chi connectivity index (χ1) is 17.1. The molecule has 1 aliphatic rings. The van der Waals surface area contributed by atoms with Crippen LogP contribution in [0.1, 0.15) is 55.9 Å². The van der Waals surface area contributed by atoms with Crippen molar-refractivity contribution in [3.05, 3.63) is 101 Å². The van der Waals surface area contributed by atoms with Crippen LogP contribution in [0.3, 0.4) is 0 Å². The van der Waals surface area contributed by atoms with Crippen LogP contribution in [0.15, 0.2) is 78.4 Å². The van der Waals surface area contributed by atoms with Gasteiger partial charge >= 0.3 is 5.97 Å². The second kappa shape index (κ2) is 9.98. The van der Waals surface area contributed by atoms with Crippen LogP contribution < -0.4 is 9.16 Å². The van der Waals surface area contributed by atoms with Crippen molar-refractivity contribution in [1.29, 1.82) is 0 Å². The number of carbonyl (C=O) groups excluding carboxylic acids is 1. The van der Waals surface area contributed by atoms with Crippen LogP contribution in [-0.4, -0.2) is 28.0 Å². The summed E-state index contributed by atoms with van der Waals surface area (Å²) < 4.78 is 17.4. The molecule has 0 saturated heterocycles. The molecule has 4 nitrogen and oxygen atoms in total. The zero-order valence-corrected chi connectivity index (χ0v) is 23.3. The van der Waals surface area contributed by atoms with Gasteiger partial charge < -0.3 is 13.9 Å². The van der Waals surface area contributed by atoms with Gasteiger partial charge in [0.15, 0.2) is 0 Å². The van der Waals surface area contributed by atoms with Gasteiger partial charge in [-0.25, -0.2) is 4.79 Å². The number of carbonyl (C=O) groups is 1. The van der Waals surface area contributed by atoms with Crippen LogP contribution in [0.2, 0.25) is 18.1 Å². The van der Waals surface area contributed by atoms with Crippen molar-refractivity contribution in [1.82, 2.24) is 0 Å². The second-order valence-electron chi connectivity index (χ2n) is 10.7. The molecule has 0 N–H and O–H groups in total. The van der Waals surface area contributed by atoms with Crippen molar-refractivity contribution in [3.8, 4) is 11.5 Å². The summed E-state index contributed by atoms with van der Waals surface area (Å²) in [5.41, 5.74) is 5.74. The van der Waals surface area contributed by atoms with Gasteiger partial charge in [0.05, 0.1) is 19.3 Å². The molecule has 3 aromatic rings. The highest BCUT2D eigenvalue weighted by Gasteiger charge is 2.40. The number of rotatable bonds is 7. The molecule has 1 atom stereocenters. The van der Waals surface area contributed by atoms with E-state index in [0.717, 1.165) is 39.3 Å². The summed E-state index contributed by atoms with van der Waals surface area (Å²) in [6, 6.07) is 24.3. The number of esters is 1. The average Bonchev–Trinajstić information content (AvgIpc) is 3.19. The topological polar surface area (TPSA) is 44.8 Å². The molecule has 0 aliphatic heterocycles. The number of benzene rings is 3. The van der Waals surface area contributed by atoms with Gasteiger partial charge in [-0.2, -0.15) is 0 Å². The van der Waals surface area contributed by atoms with Crippen LogP contribution >= 0.6 is 0 Å². The molecule has 36 heavy (non-hydrogen) atoms. The number of ether oxygens (including phenoxy) is 2. The molecule has 1 aliphatic carbocycles. The van der Waals surface area contributed by atoms with E-state index in [2.05, 4.69) is 58.1 Å². The minimum absolute atomic E-state index is 0.114. The summed E-state index contributed by atoms with van der Waals surface area (Å²) >= 11 is 0. The Kier molecular flexibility index (Phi) is 7.14. The fourth-order valence-electron chi connectivity index (χ4n) is 4.44. The van der Waals surface area contributed by atoms with Crippen molar-refractivity contribution in [2.75, 3.05) is 13.7 Å². The maximum Gasteiger partial charge on any atom is 0.335 e. The first-order valence-electron chi connectivity index (χ1n) is 12.5. The van der Waals surface area contributed by atoms with Crippen LogP contribution in [0.5, 0.6) is 11.5 Å². The highest BCUT2D eigenvalue weighted by molar-refractivity contribution is 6.74. The lowest BCUT2D eigenvalue weighted by molar-refractivity contribution is -0.138. The Bertz CT molecular complexity index is 1270. The van der Waals surface area contributed by atoms with Crippen molar-refractivity contribution in [3.63, 3.8) is 0 Å². The van der Waals surface area contributed by atoms with Gasteiger partial charge in [-0.15, -0.1) is 0 Å². The van der Waals surface area contributed by atoms with Crippen molar-refractivity contribution in [2.45, 2.75) is 51.7 Å². The van der Waals surface area contributed by atoms with Gasteiger partial charge in [-0.3, -0.25) is 0 Å². The van der Waals surface area contributed by atoms with Crippen LogP contribution in [0.25, 0.3) is 5.57 Å². The zero-order valence-electron chi connectivity index (χ0n) is 22.3. The Morgan fingerprint density at radius 1 is 0.889 bits per heavy atom. The monoisotopic (exact) mass is 500 g/mol. The Labute approximate surface area is 216 Å². The van der Waals surface area contributed by atoms with Gasteiger partial charge in [0.25, 0.3) is 0 Å². The Hall–Kier alpha value is -3.31. The minimum atomic E-state index is -1.95. The maximum absolute atomic E-state index is 13.4. The molecule has 0 aromatic heterocycles. The van der Waals surface area contributed by atoms with E-state index in [1.165, 1.54) is 0 Å². The third-order valence-electron chi connectivity index (χ3n) is 7.37. The molecule has 3 aromatic carbocycles. The van der Waals surface area contributed by atoms with E-state index in [1.54, 1.807) is 7.11 Å². The van der Waals surface area contributed by atoms with E-state index >= 15 is 0 Å². The number of methoxy groups -OCH3 is 1. The number of hydrogen-bond donors (Lipinski definition) is 0. The molecule has 5 heteroatoms. The minimum Gasteiger partial charge on any atom is -0.544 e. The SMILES string of the molecule is CCOC(=O)C1=C(c2ccc(OC)cc2)c2ccccc2C1c1ccc(O[Si](C)(C)C(C)(C)C)cc1. The molecule has 0 bridgehead atoms. The summed E-state index contributed by atoms with van der Waals surface area (Å²) in [5, 5.41) is 0.114. The van der Waals surface area contributed by atoms with Crippen molar-refractivity contribution >= 4 is 19.9 Å². The quantitative estimate of drug-likeness (QED) is 0.248. The Balaban J connectivity index is 1.82. The van der Waals surface area contributed by atoms with E-state index < -0.39 is 8.32 Å². The predicted octanol–water partition coefficient (Wildman–Crippen LogP) is 7.59. The lowest BCUT2D eigenvalue weighted by atomic mass is 9.88. The summed E-state index contributed by atoms with van der Waals surface area (Å²) in [7, 11) is -0.301. The van der Waals surface area contributed by atoms with E-state index in [0.29, 0.717) is 12.2 Å². The lowest BCUT2D eigenvalue weighted by Gasteiger charge is -2.36. The molecular formula is C31H36O4Si. The molecule has 0 amide bonds. The smallest absolute Gasteiger partial charge is 0.335 e. The molecule has 0 radical (unpaired) electrons. The normalized spacial score (nSPS) is 15.5. The molecule has 0 spiro atoms. The summed E-state index contributed by atoms with van der Waals surface area (Å²) in [4.78, 5) is 13.4. The highest BCUT2D eigenvalue weighted by Crippen LogP contribution is 2.49. The largest absolute Gasteiger partial charge is 0.544 e. The molecule has 0 heterocycles. The lowest BCUT2D eigenvalue weighted by Crippen LogP contribution is -2.43. The van der Waals surface area contributed by atoms with Crippen LogP contribution in [-0.2, 0) is 9.53 Å². The second-order valence-corrected chi connectivity index (χ2v) is 15.4. The molecule has 0 fully saturated rings. The first-order valence-corrected chi connectivity index (χ1v) is 15.4. The van der Waals surface area contributed by atoms with Crippen LogP contribution in [0.4, 0.5) is 0 Å². The molecule has 188 valence electrons. The van der Waals surface area contributed by atoms with Gasteiger partial charge in [0.2, 0.25) is 8.32 Å². The van der Waals surface area contributed by atoms with E-state index in [9.17, 15) is 4.79 Å². The number of hydrogen-bond acceptors (Lipinski definition) is 4. The van der Waals surface area contributed by atoms with E-state index in [1.807, 2.05) is 55.5 Å². The fourth-order valence-corrected chi connectivity index (χ4v) is 5.47.